The molecule has 2 aromatic heterocycles. The van der Waals surface area contributed by atoms with Gasteiger partial charge in [-0.3, -0.25) is 0 Å². The maximum Gasteiger partial charge on any atom is 0.433 e. The zero-order valence-electron chi connectivity index (χ0n) is 12.2. The first kappa shape index (κ1) is 17.7. The van der Waals surface area contributed by atoms with Crippen molar-refractivity contribution < 1.29 is 31.4 Å². The molecular weight excluding hydrogens is 368 g/mol. The normalized spacial score (nSPS) is 14.0. The molecule has 9 heteroatoms. The van der Waals surface area contributed by atoms with Crippen LogP contribution in [0.2, 0.25) is 0 Å². The molecule has 0 aliphatic rings. The van der Waals surface area contributed by atoms with Gasteiger partial charge in [-0.2, -0.15) is 37.7 Å². The number of nitrogens with zero attached hydrogens (tertiary/aromatic N) is 1. The molecule has 0 aliphatic heterocycles. The highest BCUT2D eigenvalue weighted by Crippen LogP contribution is 2.40. The largest absolute Gasteiger partial charge is 0.433 e. The van der Waals surface area contributed by atoms with E-state index in [9.17, 15) is 31.4 Å². The molecule has 1 atom stereocenters. The molecule has 132 valence electrons. The Hall–Kier alpha value is -2.13. The molecule has 0 spiro atoms. The molecule has 0 amide bonds. The highest BCUT2D eigenvalue weighted by atomic mass is 32.1. The van der Waals surface area contributed by atoms with Crippen molar-refractivity contribution in [2.45, 2.75) is 18.5 Å². The SMILES string of the molecule is OC(c1ccsc1)c1cc(C(F)(F)F)nc2c(C(F)(F)F)cccc12. The summed E-state index contributed by atoms with van der Waals surface area (Å²) in [7, 11) is 0. The van der Waals surface area contributed by atoms with Crippen LogP contribution < -0.4 is 0 Å². The molecular formula is C16H9F6NOS. The average molecular weight is 377 g/mol. The van der Waals surface area contributed by atoms with Crippen molar-refractivity contribution in [2.75, 3.05) is 0 Å². The van der Waals surface area contributed by atoms with Gasteiger partial charge in [-0.1, -0.05) is 12.1 Å². The van der Waals surface area contributed by atoms with Gasteiger partial charge in [0.05, 0.1) is 11.1 Å². The van der Waals surface area contributed by atoms with Crippen LogP contribution in [0.25, 0.3) is 10.9 Å². The number of hydrogen-bond acceptors (Lipinski definition) is 3. The van der Waals surface area contributed by atoms with Crippen LogP contribution in [0, 0.1) is 0 Å². The Balaban J connectivity index is 2.35. The number of aromatic nitrogens is 1. The van der Waals surface area contributed by atoms with E-state index in [2.05, 4.69) is 4.98 Å². The van der Waals surface area contributed by atoms with Gasteiger partial charge < -0.3 is 5.11 Å². The monoisotopic (exact) mass is 377 g/mol. The van der Waals surface area contributed by atoms with E-state index >= 15 is 0 Å². The Bertz CT molecular complexity index is 901. The van der Waals surface area contributed by atoms with Crippen LogP contribution in [0.15, 0.2) is 41.1 Å². The lowest BCUT2D eigenvalue weighted by Crippen LogP contribution is -2.14. The van der Waals surface area contributed by atoms with Crippen molar-refractivity contribution in [1.82, 2.24) is 4.98 Å². The van der Waals surface area contributed by atoms with Gasteiger partial charge in [-0.05, 0) is 40.1 Å². The summed E-state index contributed by atoms with van der Waals surface area (Å²) in [6, 6.07) is 5.02. The Labute approximate surface area is 141 Å². The minimum absolute atomic E-state index is 0.179. The van der Waals surface area contributed by atoms with Gasteiger partial charge in [-0.25, -0.2) is 4.98 Å². The van der Waals surface area contributed by atoms with Crippen molar-refractivity contribution in [3.05, 3.63) is 63.5 Å². The van der Waals surface area contributed by atoms with Crippen LogP contribution in [0.5, 0.6) is 0 Å². The number of thiophene rings is 1. The molecule has 1 N–H and O–H groups in total. The summed E-state index contributed by atoms with van der Waals surface area (Å²) in [6.45, 7) is 0. The van der Waals surface area contributed by atoms with Gasteiger partial charge in [0.2, 0.25) is 0 Å². The van der Waals surface area contributed by atoms with Crippen LogP contribution in [-0.2, 0) is 12.4 Å². The molecule has 25 heavy (non-hydrogen) atoms. The fourth-order valence-corrected chi connectivity index (χ4v) is 3.16. The van der Waals surface area contributed by atoms with E-state index in [4.69, 9.17) is 0 Å². The number of benzene rings is 1. The summed E-state index contributed by atoms with van der Waals surface area (Å²) in [6.07, 6.45) is -11.3. The van der Waals surface area contributed by atoms with E-state index in [-0.39, 0.29) is 10.9 Å². The number of para-hydroxylation sites is 1. The molecule has 1 aromatic carbocycles. The topological polar surface area (TPSA) is 33.1 Å². The maximum absolute atomic E-state index is 13.2. The maximum atomic E-state index is 13.2. The molecule has 0 saturated carbocycles. The van der Waals surface area contributed by atoms with E-state index < -0.39 is 35.2 Å². The van der Waals surface area contributed by atoms with Crippen molar-refractivity contribution in [1.29, 1.82) is 0 Å². The number of fused-ring (bicyclic) bond motifs is 1. The zero-order chi connectivity index (χ0) is 18.4. The predicted molar refractivity (Wildman–Crippen MR) is 80.1 cm³/mol. The first-order valence-electron chi connectivity index (χ1n) is 6.87. The smallest absolute Gasteiger partial charge is 0.384 e. The predicted octanol–water partition coefficient (Wildman–Crippen LogP) is 5.42. The molecule has 2 nitrogen and oxygen atoms in total. The van der Waals surface area contributed by atoms with Crippen molar-refractivity contribution in [2.24, 2.45) is 0 Å². The van der Waals surface area contributed by atoms with Gasteiger partial charge in [0, 0.05) is 5.39 Å². The summed E-state index contributed by atoms with van der Waals surface area (Å²) < 4.78 is 78.8. The van der Waals surface area contributed by atoms with Gasteiger partial charge in [0.15, 0.2) is 0 Å². The van der Waals surface area contributed by atoms with Crippen LogP contribution >= 0.6 is 11.3 Å². The van der Waals surface area contributed by atoms with Gasteiger partial charge >= 0.3 is 12.4 Å². The van der Waals surface area contributed by atoms with Crippen LogP contribution in [0.3, 0.4) is 0 Å². The number of halogens is 6. The molecule has 0 radical (unpaired) electrons. The van der Waals surface area contributed by atoms with Crippen LogP contribution in [0.1, 0.15) is 28.5 Å². The highest BCUT2D eigenvalue weighted by Gasteiger charge is 2.38. The number of aliphatic hydroxyl groups excluding tert-OH is 1. The Morgan fingerprint density at radius 2 is 1.72 bits per heavy atom. The van der Waals surface area contributed by atoms with E-state index in [0.29, 0.717) is 17.7 Å². The second-order valence-electron chi connectivity index (χ2n) is 5.25. The Kier molecular flexibility index (Phi) is 4.24. The standard InChI is InChI=1S/C16H9F6NOS/c17-15(18,19)11-3-1-2-9-10(14(24)8-4-5-25-7-8)6-12(16(20,21)22)23-13(9)11/h1-7,14,24H. The van der Waals surface area contributed by atoms with E-state index in [1.54, 1.807) is 5.38 Å². The lowest BCUT2D eigenvalue weighted by molar-refractivity contribution is -0.142. The zero-order valence-corrected chi connectivity index (χ0v) is 13.0. The average Bonchev–Trinajstić information content (AvgIpc) is 3.05. The summed E-state index contributed by atoms with van der Waals surface area (Å²) in [5.74, 6) is 0. The minimum Gasteiger partial charge on any atom is -0.384 e. The number of rotatable bonds is 2. The Morgan fingerprint density at radius 3 is 2.28 bits per heavy atom. The molecule has 0 saturated heterocycles. The molecule has 2 heterocycles. The fourth-order valence-electron chi connectivity index (χ4n) is 2.49. The molecule has 0 aliphatic carbocycles. The third kappa shape index (κ3) is 3.34. The number of aliphatic hydroxyl groups is 1. The minimum atomic E-state index is -4.95. The third-order valence-electron chi connectivity index (χ3n) is 3.62. The van der Waals surface area contributed by atoms with Crippen LogP contribution in [-0.4, -0.2) is 10.1 Å². The number of alkyl halides is 6. The summed E-state index contributed by atoms with van der Waals surface area (Å²) in [5.41, 5.74) is -3.59. The first-order chi connectivity index (χ1) is 11.6. The summed E-state index contributed by atoms with van der Waals surface area (Å²) >= 11 is 1.21. The first-order valence-corrected chi connectivity index (χ1v) is 7.81. The third-order valence-corrected chi connectivity index (χ3v) is 4.32. The van der Waals surface area contributed by atoms with Crippen molar-refractivity contribution in [3.63, 3.8) is 0 Å². The second-order valence-corrected chi connectivity index (χ2v) is 6.03. The van der Waals surface area contributed by atoms with Gasteiger partial charge in [0.1, 0.15) is 11.8 Å². The second kappa shape index (κ2) is 5.99. The molecule has 0 bridgehead atoms. The summed E-state index contributed by atoms with van der Waals surface area (Å²) in [4.78, 5) is 3.18. The van der Waals surface area contributed by atoms with E-state index in [1.165, 1.54) is 28.8 Å². The molecule has 0 fully saturated rings. The lowest BCUT2D eigenvalue weighted by Gasteiger charge is -2.18. The number of pyridine rings is 1. The fraction of sp³-hybridized carbons (Fsp3) is 0.188. The Morgan fingerprint density at radius 1 is 1.00 bits per heavy atom. The van der Waals surface area contributed by atoms with Gasteiger partial charge in [0.25, 0.3) is 0 Å². The van der Waals surface area contributed by atoms with E-state index in [1.807, 2.05) is 0 Å². The van der Waals surface area contributed by atoms with Gasteiger partial charge in [-0.15, -0.1) is 0 Å². The van der Waals surface area contributed by atoms with Crippen molar-refractivity contribution in [3.8, 4) is 0 Å². The molecule has 3 rings (SSSR count). The molecule has 3 aromatic rings. The van der Waals surface area contributed by atoms with E-state index in [0.717, 1.165) is 6.07 Å². The summed E-state index contributed by atoms with van der Waals surface area (Å²) in [5, 5.41) is 13.3. The quantitative estimate of drug-likeness (QED) is 0.606. The van der Waals surface area contributed by atoms with Crippen molar-refractivity contribution >= 4 is 22.2 Å². The molecule has 1 unspecified atom stereocenters. The highest BCUT2D eigenvalue weighted by molar-refractivity contribution is 7.08. The van der Waals surface area contributed by atoms with Crippen LogP contribution in [0.4, 0.5) is 26.3 Å². The lowest BCUT2D eigenvalue weighted by atomic mass is 9.97. The number of hydrogen-bond donors (Lipinski definition) is 1.